The predicted octanol–water partition coefficient (Wildman–Crippen LogP) is 2.87. The van der Waals surface area contributed by atoms with Crippen LogP contribution in [0.3, 0.4) is 0 Å². The summed E-state index contributed by atoms with van der Waals surface area (Å²) in [5.41, 5.74) is 1.99. The molecule has 1 heterocycles. The first-order chi connectivity index (χ1) is 11.7. The molecular formula is C19H22N2O3. The molecule has 0 aliphatic rings. The van der Waals surface area contributed by atoms with Gasteiger partial charge in [-0.05, 0) is 24.1 Å². The highest BCUT2D eigenvalue weighted by Gasteiger charge is 2.12. The lowest BCUT2D eigenvalue weighted by molar-refractivity contribution is -0.131. The summed E-state index contributed by atoms with van der Waals surface area (Å²) in [5.74, 6) is 0.363. The van der Waals surface area contributed by atoms with Gasteiger partial charge in [0.05, 0.1) is 6.61 Å². The number of aromatic nitrogens is 1. The van der Waals surface area contributed by atoms with E-state index in [9.17, 15) is 4.79 Å². The van der Waals surface area contributed by atoms with Crippen LogP contribution >= 0.6 is 0 Å². The summed E-state index contributed by atoms with van der Waals surface area (Å²) in [7, 11) is 0. The van der Waals surface area contributed by atoms with E-state index in [1.54, 1.807) is 19.2 Å². The minimum atomic E-state index is -0.515. The van der Waals surface area contributed by atoms with Crippen molar-refractivity contribution in [1.82, 2.24) is 10.3 Å². The number of rotatable bonds is 9. The number of carbonyl (C=O) groups is 1. The van der Waals surface area contributed by atoms with Crippen molar-refractivity contribution < 1.29 is 14.3 Å². The summed E-state index contributed by atoms with van der Waals surface area (Å²) in [6.45, 7) is 6.46. The van der Waals surface area contributed by atoms with Gasteiger partial charge in [-0.2, -0.15) is 0 Å². The lowest BCUT2D eigenvalue weighted by Gasteiger charge is -2.12. The van der Waals surface area contributed by atoms with Crippen LogP contribution in [0.1, 0.15) is 18.1 Å². The molecule has 126 valence electrons. The molecule has 1 aromatic carbocycles. The van der Waals surface area contributed by atoms with Crippen LogP contribution in [0.5, 0.6) is 5.88 Å². The van der Waals surface area contributed by atoms with Crippen molar-refractivity contribution >= 4 is 5.91 Å². The van der Waals surface area contributed by atoms with Crippen molar-refractivity contribution in [3.63, 3.8) is 0 Å². The molecule has 2 rings (SSSR count). The van der Waals surface area contributed by atoms with Crippen molar-refractivity contribution in [2.24, 2.45) is 0 Å². The summed E-state index contributed by atoms with van der Waals surface area (Å²) in [6.07, 6.45) is 2.77. The van der Waals surface area contributed by atoms with Gasteiger partial charge in [-0.15, -0.1) is 6.58 Å². The first-order valence-corrected chi connectivity index (χ1v) is 7.81. The predicted molar refractivity (Wildman–Crippen MR) is 92.5 cm³/mol. The van der Waals surface area contributed by atoms with Gasteiger partial charge in [0.15, 0.2) is 0 Å². The Labute approximate surface area is 142 Å². The molecule has 0 fully saturated rings. The Morgan fingerprint density at radius 3 is 2.83 bits per heavy atom. The molecule has 1 N–H and O–H groups in total. The fourth-order valence-corrected chi connectivity index (χ4v) is 1.99. The van der Waals surface area contributed by atoms with Gasteiger partial charge in [0.1, 0.15) is 12.7 Å². The number of carbonyl (C=O) groups excluding carboxylic acids is 1. The second-order valence-electron chi connectivity index (χ2n) is 5.26. The van der Waals surface area contributed by atoms with Gasteiger partial charge in [0.25, 0.3) is 0 Å². The van der Waals surface area contributed by atoms with E-state index in [0.29, 0.717) is 25.6 Å². The zero-order valence-corrected chi connectivity index (χ0v) is 13.8. The van der Waals surface area contributed by atoms with E-state index in [1.165, 1.54) is 0 Å². The maximum absolute atomic E-state index is 11.9. The molecule has 1 amide bonds. The summed E-state index contributed by atoms with van der Waals surface area (Å²) in [6, 6.07) is 13.5. The molecule has 0 aliphatic heterocycles. The molecule has 0 saturated carbocycles. The smallest absolute Gasteiger partial charge is 0.249 e. The molecule has 0 aliphatic carbocycles. The Balaban J connectivity index is 1.84. The van der Waals surface area contributed by atoms with Crippen LogP contribution < -0.4 is 10.1 Å². The summed E-state index contributed by atoms with van der Waals surface area (Å²) >= 11 is 0. The largest absolute Gasteiger partial charge is 0.473 e. The normalized spacial score (nSPS) is 11.5. The molecule has 0 bridgehead atoms. The van der Waals surface area contributed by atoms with E-state index in [2.05, 4.69) is 16.9 Å². The summed E-state index contributed by atoms with van der Waals surface area (Å²) in [5, 5.41) is 2.83. The Kier molecular flexibility index (Phi) is 6.98. The number of hydrogen-bond acceptors (Lipinski definition) is 4. The molecule has 0 radical (unpaired) electrons. The monoisotopic (exact) mass is 326 g/mol. The number of amides is 1. The van der Waals surface area contributed by atoms with E-state index in [0.717, 1.165) is 11.1 Å². The zero-order chi connectivity index (χ0) is 17.2. The van der Waals surface area contributed by atoms with E-state index in [4.69, 9.17) is 9.47 Å². The molecule has 2 aromatic rings. The lowest BCUT2D eigenvalue weighted by Crippen LogP contribution is -2.34. The minimum Gasteiger partial charge on any atom is -0.473 e. The highest BCUT2D eigenvalue weighted by atomic mass is 16.5. The molecule has 5 nitrogen and oxygen atoms in total. The fraction of sp³-hybridized carbons (Fsp3) is 0.263. The van der Waals surface area contributed by atoms with Crippen LogP contribution in [-0.4, -0.2) is 23.6 Å². The van der Waals surface area contributed by atoms with Crippen molar-refractivity contribution in [3.8, 4) is 5.88 Å². The van der Waals surface area contributed by atoms with Crippen LogP contribution in [-0.2, 0) is 22.7 Å². The highest BCUT2D eigenvalue weighted by molar-refractivity contribution is 5.80. The number of benzene rings is 1. The maximum Gasteiger partial charge on any atom is 0.249 e. The zero-order valence-electron chi connectivity index (χ0n) is 13.8. The first kappa shape index (κ1) is 17.7. The Morgan fingerprint density at radius 1 is 1.29 bits per heavy atom. The second kappa shape index (κ2) is 9.47. The third-order valence-corrected chi connectivity index (χ3v) is 3.33. The fourth-order valence-electron chi connectivity index (χ4n) is 1.99. The highest BCUT2D eigenvalue weighted by Crippen LogP contribution is 2.12. The van der Waals surface area contributed by atoms with Gasteiger partial charge in [-0.1, -0.05) is 36.4 Å². The number of nitrogens with one attached hydrogen (secondary N) is 1. The molecule has 0 spiro atoms. The van der Waals surface area contributed by atoms with Gasteiger partial charge in [0.2, 0.25) is 11.8 Å². The number of nitrogens with zero attached hydrogens (tertiary/aromatic N) is 1. The Morgan fingerprint density at radius 2 is 2.08 bits per heavy atom. The van der Waals surface area contributed by atoms with Crippen LogP contribution in [0.4, 0.5) is 0 Å². The molecule has 24 heavy (non-hydrogen) atoms. The molecule has 0 unspecified atom stereocenters. The van der Waals surface area contributed by atoms with Crippen LogP contribution in [0.15, 0.2) is 61.3 Å². The Bertz CT molecular complexity index is 659. The summed E-state index contributed by atoms with van der Waals surface area (Å²) < 4.78 is 11.0. The van der Waals surface area contributed by atoms with Gasteiger partial charge >= 0.3 is 0 Å². The van der Waals surface area contributed by atoms with Crippen molar-refractivity contribution in [3.05, 3.63) is 72.4 Å². The van der Waals surface area contributed by atoms with Crippen LogP contribution in [0.25, 0.3) is 0 Å². The van der Waals surface area contributed by atoms with Gasteiger partial charge in [-0.3, -0.25) is 4.79 Å². The van der Waals surface area contributed by atoms with E-state index >= 15 is 0 Å². The molecular weight excluding hydrogens is 304 g/mol. The number of pyridine rings is 1. The third kappa shape index (κ3) is 5.85. The minimum absolute atomic E-state index is 0.166. The van der Waals surface area contributed by atoms with E-state index < -0.39 is 6.10 Å². The lowest BCUT2D eigenvalue weighted by atomic mass is 10.2. The van der Waals surface area contributed by atoms with Crippen LogP contribution in [0.2, 0.25) is 0 Å². The first-order valence-electron chi connectivity index (χ1n) is 7.81. The average molecular weight is 326 g/mol. The van der Waals surface area contributed by atoms with Crippen molar-refractivity contribution in [1.29, 1.82) is 0 Å². The third-order valence-electron chi connectivity index (χ3n) is 3.33. The van der Waals surface area contributed by atoms with E-state index in [-0.39, 0.29) is 5.91 Å². The van der Waals surface area contributed by atoms with Crippen molar-refractivity contribution in [2.75, 3.05) is 6.61 Å². The maximum atomic E-state index is 11.9. The van der Waals surface area contributed by atoms with Gasteiger partial charge < -0.3 is 14.8 Å². The molecule has 5 heteroatoms. The standard InChI is InChI=1S/C19H22N2O3/c1-3-11-23-15(2)19(22)21-13-17-9-10-20-18(12-17)24-14-16-7-5-4-6-8-16/h3-10,12,15H,1,11,13-14H2,2H3,(H,21,22)/t15-/m1/s1. The molecule has 1 atom stereocenters. The SMILES string of the molecule is C=CCO[C@H](C)C(=O)NCc1ccnc(OCc2ccccc2)c1. The van der Waals surface area contributed by atoms with E-state index in [1.807, 2.05) is 42.5 Å². The van der Waals surface area contributed by atoms with Gasteiger partial charge in [-0.25, -0.2) is 4.98 Å². The number of ether oxygens (including phenoxy) is 2. The second-order valence-corrected chi connectivity index (χ2v) is 5.26. The number of hydrogen-bond donors (Lipinski definition) is 1. The summed E-state index contributed by atoms with van der Waals surface area (Å²) in [4.78, 5) is 16.1. The van der Waals surface area contributed by atoms with Gasteiger partial charge in [0, 0.05) is 18.8 Å². The Hall–Kier alpha value is -2.66. The molecule has 0 saturated heterocycles. The average Bonchev–Trinajstić information content (AvgIpc) is 2.63. The van der Waals surface area contributed by atoms with Crippen molar-refractivity contribution in [2.45, 2.75) is 26.2 Å². The quantitative estimate of drug-likeness (QED) is 0.720. The molecule has 1 aromatic heterocycles. The topological polar surface area (TPSA) is 60.5 Å². The van der Waals surface area contributed by atoms with Crippen LogP contribution in [0, 0.1) is 0 Å².